The van der Waals surface area contributed by atoms with E-state index in [0.717, 1.165) is 47.9 Å². The number of rotatable bonds is 14. The first-order valence-electron chi connectivity index (χ1n) is 20.3. The molecule has 0 aliphatic carbocycles. The summed E-state index contributed by atoms with van der Waals surface area (Å²) < 4.78 is 20.8. The molecule has 0 atom stereocenters. The average molecular weight is 781 g/mol. The third-order valence-corrected chi connectivity index (χ3v) is 10.3. The molecular weight excluding hydrogens is 721 g/mol. The number of hydrogen-bond donors (Lipinski definition) is 0. The molecule has 0 saturated carbocycles. The van der Waals surface area contributed by atoms with Crippen LogP contribution >= 0.6 is 0 Å². The molecule has 58 heavy (non-hydrogen) atoms. The van der Waals surface area contributed by atoms with Crippen molar-refractivity contribution in [2.24, 2.45) is 0 Å². The van der Waals surface area contributed by atoms with Gasteiger partial charge < -0.3 is 18.9 Å². The van der Waals surface area contributed by atoms with E-state index in [1.54, 1.807) is 25.0 Å². The fourth-order valence-corrected chi connectivity index (χ4v) is 7.36. The van der Waals surface area contributed by atoms with Gasteiger partial charge in [0.05, 0.1) is 0 Å². The minimum atomic E-state index is -0.153. The Morgan fingerprint density at radius 1 is 0.448 bits per heavy atom. The first-order chi connectivity index (χ1) is 27.4. The third kappa shape index (κ3) is 12.0. The monoisotopic (exact) mass is 780 g/mol. The van der Waals surface area contributed by atoms with Gasteiger partial charge in [0, 0.05) is 23.0 Å². The fourth-order valence-electron chi connectivity index (χ4n) is 7.36. The standard InChI is InChI=1S/C26H32N2O2.C24H28N2O2/c1-8-9-20(18-10-12-23(29-16-27)21(14-18)25(2,3)4)19-11-13-24(30-17-28)22(15-19)26(5,6)7;1-6-7-20(18-8-10-23(27-14-25)21(12-18)16(2)3)19-9-11-24(28-15-26)22(13-19)17(4)5/h10-15,20H,8-9H2,1-7H3;8-13,16-17,20H,6-7H2,1-5H3. The minimum Gasteiger partial charge on any atom is -0.388 e. The maximum atomic E-state index is 9.02. The lowest BCUT2D eigenvalue weighted by atomic mass is 9.79. The molecule has 0 saturated heterocycles. The van der Waals surface area contributed by atoms with E-state index < -0.39 is 0 Å². The minimum absolute atomic E-state index is 0.153. The normalized spacial score (nSPS) is 11.2. The molecule has 4 rings (SSSR count). The second kappa shape index (κ2) is 21.0. The molecule has 0 aromatic heterocycles. The summed E-state index contributed by atoms with van der Waals surface area (Å²) in [7, 11) is 0. The summed E-state index contributed by atoms with van der Waals surface area (Å²) in [4.78, 5) is 0. The van der Waals surface area contributed by atoms with Crippen molar-refractivity contribution >= 4 is 0 Å². The zero-order chi connectivity index (χ0) is 43.2. The molecule has 304 valence electrons. The summed E-state index contributed by atoms with van der Waals surface area (Å²) in [5.41, 5.74) is 8.61. The van der Waals surface area contributed by atoms with Crippen LogP contribution in [-0.2, 0) is 10.8 Å². The van der Waals surface area contributed by atoms with Crippen molar-refractivity contribution in [3.8, 4) is 48.0 Å². The predicted molar refractivity (Wildman–Crippen MR) is 230 cm³/mol. The van der Waals surface area contributed by atoms with Crippen molar-refractivity contribution in [1.82, 2.24) is 0 Å². The highest BCUT2D eigenvalue weighted by atomic mass is 16.5. The van der Waals surface area contributed by atoms with Crippen molar-refractivity contribution in [2.75, 3.05) is 0 Å². The molecule has 0 aliphatic heterocycles. The highest BCUT2D eigenvalue weighted by Gasteiger charge is 2.26. The van der Waals surface area contributed by atoms with Crippen LogP contribution < -0.4 is 18.9 Å². The Hall–Kier alpha value is -5.96. The summed E-state index contributed by atoms with van der Waals surface area (Å²) in [5, 5.41) is 35.9. The quantitative estimate of drug-likeness (QED) is 0.116. The molecule has 4 aromatic carbocycles. The lowest BCUT2D eigenvalue weighted by Gasteiger charge is -2.27. The van der Waals surface area contributed by atoms with Crippen molar-refractivity contribution in [2.45, 2.75) is 143 Å². The summed E-state index contributed by atoms with van der Waals surface area (Å²) in [6.07, 6.45) is 11.3. The van der Waals surface area contributed by atoms with Gasteiger partial charge in [-0.05, 0) is 93.2 Å². The molecule has 0 N–H and O–H groups in total. The molecular formula is C50H60N4O4. The largest absolute Gasteiger partial charge is 0.388 e. The molecule has 0 bridgehead atoms. The Labute approximate surface area is 347 Å². The van der Waals surface area contributed by atoms with E-state index in [2.05, 4.69) is 119 Å². The lowest BCUT2D eigenvalue weighted by molar-refractivity contribution is 0.472. The Morgan fingerprint density at radius 3 is 0.983 bits per heavy atom. The third-order valence-electron chi connectivity index (χ3n) is 10.3. The number of nitrogens with zero attached hydrogens (tertiary/aromatic N) is 4. The van der Waals surface area contributed by atoms with Crippen LogP contribution in [0.5, 0.6) is 23.0 Å². The van der Waals surface area contributed by atoms with Crippen molar-refractivity contribution in [3.05, 3.63) is 117 Å². The zero-order valence-corrected chi connectivity index (χ0v) is 36.5. The SMILES string of the molecule is CCCC(c1ccc(OC#N)c(C(C)(C)C)c1)c1ccc(OC#N)c(C(C)(C)C)c1.CCCC(c1ccc(OC#N)c(C(C)C)c1)c1ccc(OC#N)c(C(C)C)c1. The van der Waals surface area contributed by atoms with Gasteiger partial charge in [-0.15, -0.1) is 21.0 Å². The molecule has 0 radical (unpaired) electrons. The van der Waals surface area contributed by atoms with Gasteiger partial charge in [-0.1, -0.05) is 144 Å². The van der Waals surface area contributed by atoms with Gasteiger partial charge in [-0.25, -0.2) is 0 Å². The van der Waals surface area contributed by atoms with Crippen LogP contribution in [0.4, 0.5) is 0 Å². The van der Waals surface area contributed by atoms with Gasteiger partial charge in [0.2, 0.25) is 0 Å². The van der Waals surface area contributed by atoms with E-state index in [9.17, 15) is 0 Å². The van der Waals surface area contributed by atoms with Gasteiger partial charge in [-0.3, -0.25) is 0 Å². The summed E-state index contributed by atoms with van der Waals surface area (Å²) in [5.74, 6) is 3.40. The fraction of sp³-hybridized carbons (Fsp3) is 0.440. The van der Waals surface area contributed by atoms with Crippen molar-refractivity contribution in [3.63, 3.8) is 0 Å². The molecule has 8 nitrogen and oxygen atoms in total. The predicted octanol–water partition coefficient (Wildman–Crippen LogP) is 13.5. The first-order valence-corrected chi connectivity index (χ1v) is 20.3. The first kappa shape index (κ1) is 46.4. The Balaban J connectivity index is 0.000000311. The van der Waals surface area contributed by atoms with Crippen molar-refractivity contribution < 1.29 is 18.9 Å². The van der Waals surface area contributed by atoms with Gasteiger partial charge in [-0.2, -0.15) is 0 Å². The van der Waals surface area contributed by atoms with Crippen LogP contribution in [0.2, 0.25) is 0 Å². The average Bonchev–Trinajstić information content (AvgIpc) is 3.16. The molecule has 0 heterocycles. The Morgan fingerprint density at radius 2 is 0.724 bits per heavy atom. The van der Waals surface area contributed by atoms with Crippen LogP contribution in [-0.4, -0.2) is 0 Å². The van der Waals surface area contributed by atoms with E-state index in [1.807, 2.05) is 36.4 Å². The molecule has 0 fully saturated rings. The van der Waals surface area contributed by atoms with Crippen LogP contribution in [0.15, 0.2) is 72.8 Å². The van der Waals surface area contributed by atoms with Crippen LogP contribution in [0.1, 0.15) is 177 Å². The second-order valence-corrected chi connectivity index (χ2v) is 17.4. The molecule has 0 spiro atoms. The van der Waals surface area contributed by atoms with E-state index in [1.165, 1.54) is 22.3 Å². The van der Waals surface area contributed by atoms with Crippen LogP contribution in [0.25, 0.3) is 0 Å². The topological polar surface area (TPSA) is 132 Å². The highest BCUT2D eigenvalue weighted by molar-refractivity contribution is 5.50. The molecule has 4 aromatic rings. The van der Waals surface area contributed by atoms with Crippen LogP contribution in [0.3, 0.4) is 0 Å². The Bertz CT molecular complexity index is 2020. The smallest absolute Gasteiger partial charge is 0.292 e. The molecule has 8 heteroatoms. The summed E-state index contributed by atoms with van der Waals surface area (Å²) >= 11 is 0. The van der Waals surface area contributed by atoms with Gasteiger partial charge >= 0.3 is 0 Å². The molecule has 0 amide bonds. The van der Waals surface area contributed by atoms with E-state index in [4.69, 9.17) is 40.0 Å². The molecule has 0 aliphatic rings. The summed E-state index contributed by atoms with van der Waals surface area (Å²) in [6, 6.07) is 24.5. The van der Waals surface area contributed by atoms with E-state index in [-0.39, 0.29) is 34.5 Å². The summed E-state index contributed by atoms with van der Waals surface area (Å²) in [6.45, 7) is 25.5. The van der Waals surface area contributed by atoms with Crippen molar-refractivity contribution in [1.29, 1.82) is 21.0 Å². The van der Waals surface area contributed by atoms with Gasteiger partial charge in [0.25, 0.3) is 25.0 Å². The van der Waals surface area contributed by atoms with Crippen LogP contribution in [0, 0.1) is 46.1 Å². The van der Waals surface area contributed by atoms with Gasteiger partial charge in [0.1, 0.15) is 23.0 Å². The lowest BCUT2D eigenvalue weighted by Crippen LogP contribution is -2.15. The number of hydrogen-bond acceptors (Lipinski definition) is 8. The van der Waals surface area contributed by atoms with E-state index >= 15 is 0 Å². The zero-order valence-electron chi connectivity index (χ0n) is 36.5. The van der Waals surface area contributed by atoms with E-state index in [0.29, 0.717) is 23.0 Å². The number of nitriles is 4. The maximum Gasteiger partial charge on any atom is 0.292 e. The van der Waals surface area contributed by atoms with Gasteiger partial charge in [0.15, 0.2) is 0 Å². The number of benzene rings is 4. The second-order valence-electron chi connectivity index (χ2n) is 17.4. The molecule has 0 unspecified atom stereocenters. The Kier molecular flexibility index (Phi) is 16.8. The maximum absolute atomic E-state index is 9.02. The highest BCUT2D eigenvalue weighted by Crippen LogP contribution is 2.41. The number of ether oxygens (including phenoxy) is 4.